The van der Waals surface area contributed by atoms with Gasteiger partial charge in [0, 0.05) is 44.8 Å². The first-order valence-corrected chi connectivity index (χ1v) is 11.2. The molecule has 1 spiro atoms. The van der Waals surface area contributed by atoms with Gasteiger partial charge >= 0.3 is 5.97 Å². The third-order valence-corrected chi connectivity index (χ3v) is 7.08. The van der Waals surface area contributed by atoms with Crippen LogP contribution in [0.3, 0.4) is 0 Å². The summed E-state index contributed by atoms with van der Waals surface area (Å²) in [5.41, 5.74) is 2.88. The Bertz CT molecular complexity index is 695. The molecule has 28 heavy (non-hydrogen) atoms. The quantitative estimate of drug-likeness (QED) is 0.722. The van der Waals surface area contributed by atoms with Crippen LogP contribution in [-0.4, -0.2) is 49.7 Å². The zero-order valence-electron chi connectivity index (χ0n) is 17.9. The van der Waals surface area contributed by atoms with Crippen molar-refractivity contribution >= 4 is 11.7 Å². The molecule has 4 nitrogen and oxygen atoms in total. The molecule has 4 rings (SSSR count). The maximum absolute atomic E-state index is 12.3. The van der Waals surface area contributed by atoms with E-state index in [1.807, 2.05) is 0 Å². The van der Waals surface area contributed by atoms with Crippen LogP contribution in [-0.2, 0) is 14.9 Å². The van der Waals surface area contributed by atoms with Crippen LogP contribution in [0.2, 0.25) is 0 Å². The molecule has 0 unspecified atom stereocenters. The Labute approximate surface area is 170 Å². The van der Waals surface area contributed by atoms with Crippen molar-refractivity contribution in [2.75, 3.05) is 37.6 Å². The molecule has 1 aromatic carbocycles. The number of benzene rings is 1. The molecule has 154 valence electrons. The van der Waals surface area contributed by atoms with E-state index in [0.29, 0.717) is 0 Å². The van der Waals surface area contributed by atoms with Crippen LogP contribution in [0.15, 0.2) is 24.3 Å². The lowest BCUT2D eigenvalue weighted by molar-refractivity contribution is -0.148. The predicted molar refractivity (Wildman–Crippen MR) is 114 cm³/mol. The van der Waals surface area contributed by atoms with Crippen LogP contribution >= 0.6 is 0 Å². The predicted octanol–water partition coefficient (Wildman–Crippen LogP) is 4.37. The highest BCUT2D eigenvalue weighted by Gasteiger charge is 2.50. The first-order valence-electron chi connectivity index (χ1n) is 11.2. The Balaban J connectivity index is 1.28. The lowest BCUT2D eigenvalue weighted by Gasteiger charge is -2.38. The second kappa shape index (κ2) is 7.70. The number of hydrogen-bond acceptors (Lipinski definition) is 4. The highest BCUT2D eigenvalue weighted by molar-refractivity contribution is 5.79. The number of ether oxygens (including phenoxy) is 1. The second-order valence-electron chi connectivity index (χ2n) is 10.1. The van der Waals surface area contributed by atoms with Crippen molar-refractivity contribution in [1.29, 1.82) is 0 Å². The van der Waals surface area contributed by atoms with Crippen molar-refractivity contribution in [3.8, 4) is 0 Å². The fraction of sp³-hybridized carbons (Fsp3) is 0.708. The number of carbonyl (C=O) groups is 1. The van der Waals surface area contributed by atoms with Crippen LogP contribution < -0.4 is 4.90 Å². The molecular formula is C24H36N2O2. The number of anilines is 1. The van der Waals surface area contributed by atoms with Gasteiger partial charge in [-0.05, 0) is 36.3 Å². The molecule has 1 aromatic rings. The number of esters is 1. The molecule has 1 aliphatic carbocycles. The van der Waals surface area contributed by atoms with Gasteiger partial charge in [0.05, 0.1) is 5.41 Å². The molecule has 3 aliphatic rings. The molecule has 2 aliphatic heterocycles. The minimum Gasteiger partial charge on any atom is -0.462 e. The van der Waals surface area contributed by atoms with Crippen molar-refractivity contribution in [3.63, 3.8) is 0 Å². The zero-order chi connectivity index (χ0) is 19.8. The zero-order valence-corrected chi connectivity index (χ0v) is 17.9. The van der Waals surface area contributed by atoms with Crippen LogP contribution in [0.4, 0.5) is 5.69 Å². The molecule has 0 aromatic heterocycles. The maximum Gasteiger partial charge on any atom is 0.312 e. The van der Waals surface area contributed by atoms with Gasteiger partial charge in [-0.2, -0.15) is 0 Å². The number of para-hydroxylation sites is 1. The monoisotopic (exact) mass is 384 g/mol. The summed E-state index contributed by atoms with van der Waals surface area (Å²) in [4.78, 5) is 17.4. The average Bonchev–Trinajstić information content (AvgIpc) is 3.27. The molecule has 0 bridgehead atoms. The number of nitrogens with zero attached hydrogens (tertiary/aromatic N) is 2. The van der Waals surface area contributed by atoms with Gasteiger partial charge in [0.1, 0.15) is 6.10 Å². The van der Waals surface area contributed by atoms with E-state index in [1.54, 1.807) is 0 Å². The van der Waals surface area contributed by atoms with Gasteiger partial charge in [-0.1, -0.05) is 51.8 Å². The lowest BCUT2D eigenvalue weighted by atomic mass is 9.83. The summed E-state index contributed by atoms with van der Waals surface area (Å²) in [5, 5.41) is 0. The summed E-state index contributed by atoms with van der Waals surface area (Å²) in [7, 11) is 0. The fourth-order valence-corrected chi connectivity index (χ4v) is 5.38. The van der Waals surface area contributed by atoms with Gasteiger partial charge in [0.15, 0.2) is 0 Å². The normalized spacial score (nSPS) is 25.5. The first-order chi connectivity index (χ1) is 13.4. The van der Waals surface area contributed by atoms with E-state index in [0.717, 1.165) is 58.4 Å². The van der Waals surface area contributed by atoms with Gasteiger partial charge in [-0.25, -0.2) is 0 Å². The van der Waals surface area contributed by atoms with E-state index in [-0.39, 0.29) is 22.9 Å². The number of carbonyl (C=O) groups excluding carboxylic acids is 1. The minimum atomic E-state index is -0.111. The van der Waals surface area contributed by atoms with Crippen LogP contribution in [0.5, 0.6) is 0 Å². The van der Waals surface area contributed by atoms with Crippen LogP contribution in [0.25, 0.3) is 0 Å². The highest BCUT2D eigenvalue weighted by atomic mass is 16.6. The molecule has 1 saturated carbocycles. The number of rotatable bonds is 4. The van der Waals surface area contributed by atoms with E-state index >= 15 is 0 Å². The summed E-state index contributed by atoms with van der Waals surface area (Å²) in [6.07, 6.45) is 6.59. The van der Waals surface area contributed by atoms with E-state index in [4.69, 9.17) is 4.74 Å². The van der Waals surface area contributed by atoms with E-state index in [1.165, 1.54) is 24.1 Å². The summed E-state index contributed by atoms with van der Waals surface area (Å²) in [6, 6.07) is 8.86. The average molecular weight is 385 g/mol. The molecule has 1 atom stereocenters. The van der Waals surface area contributed by atoms with Crippen molar-refractivity contribution in [1.82, 2.24) is 4.90 Å². The minimum absolute atomic E-state index is 0.0959. The van der Waals surface area contributed by atoms with Gasteiger partial charge in [-0.3, -0.25) is 9.69 Å². The largest absolute Gasteiger partial charge is 0.462 e. The Morgan fingerprint density at radius 1 is 1.07 bits per heavy atom. The molecular weight excluding hydrogens is 348 g/mol. The highest BCUT2D eigenvalue weighted by Crippen LogP contribution is 2.48. The van der Waals surface area contributed by atoms with Gasteiger partial charge in [0.2, 0.25) is 0 Å². The SMILES string of the molecule is CC(C)(C)c1ccccc1N1CCN(CC[C@H]2CC3(CCCC3)C(=O)O2)CC1. The summed E-state index contributed by atoms with van der Waals surface area (Å²) in [6.45, 7) is 12.2. The topological polar surface area (TPSA) is 32.8 Å². The lowest BCUT2D eigenvalue weighted by Crippen LogP contribution is -2.47. The van der Waals surface area contributed by atoms with Crippen LogP contribution in [0, 0.1) is 5.41 Å². The first kappa shape index (κ1) is 19.8. The molecule has 3 fully saturated rings. The van der Waals surface area contributed by atoms with Crippen molar-refractivity contribution in [3.05, 3.63) is 29.8 Å². The third-order valence-electron chi connectivity index (χ3n) is 7.08. The van der Waals surface area contributed by atoms with Crippen molar-refractivity contribution in [2.45, 2.75) is 70.8 Å². The van der Waals surface area contributed by atoms with E-state index in [9.17, 15) is 4.79 Å². The fourth-order valence-electron chi connectivity index (χ4n) is 5.38. The summed E-state index contributed by atoms with van der Waals surface area (Å²) in [5.74, 6) is 0.0959. The summed E-state index contributed by atoms with van der Waals surface area (Å²) < 4.78 is 5.76. The Hall–Kier alpha value is -1.55. The van der Waals surface area contributed by atoms with E-state index in [2.05, 4.69) is 54.8 Å². The molecule has 2 saturated heterocycles. The molecule has 0 N–H and O–H groups in total. The number of piperazine rings is 1. The molecule has 2 heterocycles. The number of hydrogen-bond donors (Lipinski definition) is 0. The third kappa shape index (κ3) is 3.94. The maximum atomic E-state index is 12.3. The Kier molecular flexibility index (Phi) is 5.43. The standard InChI is InChI=1S/C24H36N2O2/c1-23(2,3)20-8-4-5-9-21(20)26-16-14-25(15-17-26)13-10-19-18-24(22(27)28-19)11-6-7-12-24/h4-5,8-9,19H,6-7,10-18H2,1-3H3/t19-/m0/s1. The molecule has 0 amide bonds. The smallest absolute Gasteiger partial charge is 0.312 e. The van der Waals surface area contributed by atoms with E-state index < -0.39 is 0 Å². The number of cyclic esters (lactones) is 1. The van der Waals surface area contributed by atoms with Gasteiger partial charge in [0.25, 0.3) is 0 Å². The van der Waals surface area contributed by atoms with Gasteiger partial charge < -0.3 is 9.64 Å². The Morgan fingerprint density at radius 2 is 1.75 bits per heavy atom. The second-order valence-corrected chi connectivity index (χ2v) is 10.1. The van der Waals surface area contributed by atoms with Gasteiger partial charge in [-0.15, -0.1) is 0 Å². The molecule has 4 heteroatoms. The Morgan fingerprint density at radius 3 is 2.43 bits per heavy atom. The molecule has 0 radical (unpaired) electrons. The summed E-state index contributed by atoms with van der Waals surface area (Å²) >= 11 is 0. The van der Waals surface area contributed by atoms with Crippen molar-refractivity contribution in [2.24, 2.45) is 5.41 Å². The van der Waals surface area contributed by atoms with Crippen LogP contribution in [0.1, 0.15) is 64.9 Å². The van der Waals surface area contributed by atoms with Crippen molar-refractivity contribution < 1.29 is 9.53 Å².